The number of hydrogen-bond acceptors (Lipinski definition) is 4. The van der Waals surface area contributed by atoms with E-state index >= 15 is 0 Å². The summed E-state index contributed by atoms with van der Waals surface area (Å²) < 4.78 is 0. The van der Waals surface area contributed by atoms with E-state index in [4.69, 9.17) is 10.2 Å². The van der Waals surface area contributed by atoms with Crippen LogP contribution in [0.5, 0.6) is 0 Å². The molecule has 0 aromatic heterocycles. The summed E-state index contributed by atoms with van der Waals surface area (Å²) in [5.41, 5.74) is 0. The topological polar surface area (TPSA) is 81.1 Å². The van der Waals surface area contributed by atoms with Gasteiger partial charge in [0.1, 0.15) is 0 Å². The summed E-state index contributed by atoms with van der Waals surface area (Å²) in [6.45, 7) is 0. The van der Waals surface area contributed by atoms with Crippen LogP contribution in [0.3, 0.4) is 0 Å². The first-order chi connectivity index (χ1) is 5.46. The smallest absolute Gasteiger partial charge is 0.328 e. The predicted molar refractivity (Wildman–Crippen MR) is 37.9 cm³/mol. The van der Waals surface area contributed by atoms with Crippen LogP contribution in [0.4, 0.5) is 4.79 Å². The summed E-state index contributed by atoms with van der Waals surface area (Å²) in [6, 6.07) is -0.627. The van der Waals surface area contributed by atoms with Gasteiger partial charge in [-0.05, 0) is 0 Å². The van der Waals surface area contributed by atoms with Crippen molar-refractivity contribution in [3.05, 3.63) is 0 Å². The molecule has 0 aliphatic carbocycles. The number of imide groups is 1. The normalized spacial score (nSPS) is 31.3. The largest absolute Gasteiger partial charge is 0.379 e. The molecule has 6 heteroatoms. The molecule has 2 N–H and O–H groups in total. The molecule has 12 heavy (non-hydrogen) atoms. The number of nitrogens with zero attached hydrogens (tertiary/aromatic N) is 2. The van der Waals surface area contributed by atoms with E-state index in [0.717, 1.165) is 9.80 Å². The summed E-state index contributed by atoms with van der Waals surface area (Å²) in [7, 11) is 2.55. The highest BCUT2D eigenvalue weighted by Crippen LogP contribution is 2.12. The first kappa shape index (κ1) is 8.95. The fourth-order valence-electron chi connectivity index (χ4n) is 0.982. The average Bonchev–Trinajstić information content (AvgIpc) is 2.08. The second-order valence-electron chi connectivity index (χ2n) is 2.65. The summed E-state index contributed by atoms with van der Waals surface area (Å²) in [6.07, 6.45) is -2.99. The zero-order valence-electron chi connectivity index (χ0n) is 6.76. The lowest BCUT2D eigenvalue weighted by molar-refractivity contribution is -0.156. The number of carbonyl (C=O) groups excluding carboxylic acids is 2. The van der Waals surface area contributed by atoms with E-state index in [2.05, 4.69) is 0 Å². The summed E-state index contributed by atoms with van der Waals surface area (Å²) in [4.78, 5) is 23.7. The lowest BCUT2D eigenvalue weighted by atomic mass is 10.2. The molecule has 6 nitrogen and oxygen atoms in total. The minimum atomic E-state index is -1.54. The molecule has 0 aromatic carbocycles. The maximum Gasteiger partial charge on any atom is 0.328 e. The maximum absolute atomic E-state index is 11.1. The molecule has 3 amide bonds. The Morgan fingerprint density at radius 3 is 2.25 bits per heavy atom. The van der Waals surface area contributed by atoms with Crippen molar-refractivity contribution in [2.24, 2.45) is 0 Å². The summed E-state index contributed by atoms with van der Waals surface area (Å²) >= 11 is 0. The molecule has 0 aromatic rings. The van der Waals surface area contributed by atoms with Crippen molar-refractivity contribution in [2.45, 2.75) is 12.3 Å². The Hall–Kier alpha value is -1.14. The van der Waals surface area contributed by atoms with Gasteiger partial charge in [-0.3, -0.25) is 14.6 Å². The van der Waals surface area contributed by atoms with Crippen molar-refractivity contribution >= 4 is 11.9 Å². The van der Waals surface area contributed by atoms with Gasteiger partial charge in [-0.25, -0.2) is 4.79 Å². The highest BCUT2D eigenvalue weighted by molar-refractivity contribution is 5.99. The number of likely N-dealkylation sites (N-methyl/N-ethyl adjacent to an activating group) is 2. The van der Waals surface area contributed by atoms with E-state index in [1.165, 1.54) is 14.1 Å². The molecule has 1 saturated heterocycles. The van der Waals surface area contributed by atoms with Gasteiger partial charge in [0, 0.05) is 14.1 Å². The van der Waals surface area contributed by atoms with Crippen molar-refractivity contribution in [1.29, 1.82) is 0 Å². The monoisotopic (exact) mass is 174 g/mol. The number of aliphatic hydroxyl groups excluding tert-OH is 2. The molecule has 1 fully saturated rings. The van der Waals surface area contributed by atoms with E-state index in [0.29, 0.717) is 0 Å². The van der Waals surface area contributed by atoms with Crippen LogP contribution < -0.4 is 0 Å². The molecule has 0 bridgehead atoms. The molecule has 1 aliphatic heterocycles. The number of aliphatic hydroxyl groups is 2. The van der Waals surface area contributed by atoms with Crippen LogP contribution in [0.25, 0.3) is 0 Å². The van der Waals surface area contributed by atoms with Crippen LogP contribution in [0.1, 0.15) is 0 Å². The Morgan fingerprint density at radius 2 is 1.75 bits per heavy atom. The van der Waals surface area contributed by atoms with Crippen molar-refractivity contribution in [2.75, 3.05) is 14.1 Å². The Morgan fingerprint density at radius 1 is 1.25 bits per heavy atom. The number of amides is 3. The minimum absolute atomic E-state index is 0.627. The first-order valence-electron chi connectivity index (χ1n) is 3.37. The quantitative estimate of drug-likeness (QED) is 0.453. The van der Waals surface area contributed by atoms with E-state index in [1.54, 1.807) is 0 Å². The predicted octanol–water partition coefficient (Wildman–Crippen LogP) is -1.81. The van der Waals surface area contributed by atoms with Gasteiger partial charge in [0.05, 0.1) is 0 Å². The Bertz CT molecular complexity index is 208. The molecule has 0 spiro atoms. The number of carbonyl (C=O) groups is 2. The van der Waals surface area contributed by atoms with E-state index in [-0.39, 0.29) is 0 Å². The Labute approximate surface area is 69.0 Å². The Balaban J connectivity index is 2.91. The highest BCUT2D eigenvalue weighted by atomic mass is 16.4. The van der Waals surface area contributed by atoms with Crippen LogP contribution in [0.15, 0.2) is 0 Å². The van der Waals surface area contributed by atoms with Crippen LogP contribution in [0.2, 0.25) is 0 Å². The standard InChI is InChI=1S/C6H10N2O4/c1-7-4(10)3(9)5(11)8(2)6(7)12/h3-4,9-10H,1-2H3/t3-,4-/m0/s1. The van der Waals surface area contributed by atoms with Gasteiger partial charge in [-0.15, -0.1) is 0 Å². The molecule has 0 saturated carbocycles. The van der Waals surface area contributed by atoms with Gasteiger partial charge in [-0.1, -0.05) is 0 Å². The van der Waals surface area contributed by atoms with E-state index in [1.807, 2.05) is 0 Å². The SMILES string of the molecule is CN1C(=O)[C@@H](O)[C@H](O)N(C)C1=O. The third-order valence-corrected chi connectivity index (χ3v) is 1.85. The van der Waals surface area contributed by atoms with Crippen molar-refractivity contribution in [3.8, 4) is 0 Å². The molecular weight excluding hydrogens is 164 g/mol. The van der Waals surface area contributed by atoms with Crippen LogP contribution in [0, 0.1) is 0 Å². The molecule has 1 aliphatic rings. The number of hydrogen-bond donors (Lipinski definition) is 2. The minimum Gasteiger partial charge on any atom is -0.379 e. The molecule has 0 radical (unpaired) electrons. The molecule has 68 valence electrons. The number of urea groups is 1. The maximum atomic E-state index is 11.1. The van der Waals surface area contributed by atoms with Gasteiger partial charge < -0.3 is 10.2 Å². The van der Waals surface area contributed by atoms with Crippen LogP contribution in [-0.4, -0.2) is 58.4 Å². The Kier molecular flexibility index (Phi) is 2.03. The van der Waals surface area contributed by atoms with Gasteiger partial charge in [0.2, 0.25) is 0 Å². The van der Waals surface area contributed by atoms with Gasteiger partial charge in [0.15, 0.2) is 12.3 Å². The van der Waals surface area contributed by atoms with Crippen molar-refractivity contribution in [1.82, 2.24) is 9.80 Å². The molecule has 2 atom stereocenters. The highest BCUT2D eigenvalue weighted by Gasteiger charge is 2.40. The van der Waals surface area contributed by atoms with Crippen LogP contribution in [-0.2, 0) is 4.79 Å². The molecular formula is C6H10N2O4. The average molecular weight is 174 g/mol. The second kappa shape index (κ2) is 2.72. The van der Waals surface area contributed by atoms with Crippen LogP contribution >= 0.6 is 0 Å². The lowest BCUT2D eigenvalue weighted by Gasteiger charge is -2.36. The lowest BCUT2D eigenvalue weighted by Crippen LogP contribution is -2.61. The fourth-order valence-corrected chi connectivity index (χ4v) is 0.982. The van der Waals surface area contributed by atoms with Crippen molar-refractivity contribution < 1.29 is 19.8 Å². The zero-order valence-corrected chi connectivity index (χ0v) is 6.76. The summed E-state index contributed by atoms with van der Waals surface area (Å²) in [5, 5.41) is 18.2. The van der Waals surface area contributed by atoms with Gasteiger partial charge >= 0.3 is 6.03 Å². The molecule has 1 heterocycles. The van der Waals surface area contributed by atoms with Gasteiger partial charge in [0.25, 0.3) is 5.91 Å². The van der Waals surface area contributed by atoms with Gasteiger partial charge in [-0.2, -0.15) is 0 Å². The van der Waals surface area contributed by atoms with Crippen molar-refractivity contribution in [3.63, 3.8) is 0 Å². The third kappa shape index (κ3) is 1.05. The van der Waals surface area contributed by atoms with E-state index in [9.17, 15) is 9.59 Å². The second-order valence-corrected chi connectivity index (χ2v) is 2.65. The third-order valence-electron chi connectivity index (χ3n) is 1.85. The van der Waals surface area contributed by atoms with E-state index < -0.39 is 24.3 Å². The number of rotatable bonds is 0. The molecule has 1 rings (SSSR count). The first-order valence-corrected chi connectivity index (χ1v) is 3.37. The molecule has 0 unspecified atom stereocenters. The fraction of sp³-hybridized carbons (Fsp3) is 0.667. The summed E-state index contributed by atoms with van der Waals surface area (Å²) in [5.74, 6) is -0.786. The zero-order chi connectivity index (χ0) is 9.46.